The van der Waals surface area contributed by atoms with E-state index in [1.165, 1.54) is 0 Å². The van der Waals surface area contributed by atoms with Gasteiger partial charge in [0.1, 0.15) is 12.1 Å². The Balaban J connectivity index is 2.24. The predicted octanol–water partition coefficient (Wildman–Crippen LogP) is 1.41. The fourth-order valence-electron chi connectivity index (χ4n) is 5.12. The Kier molecular flexibility index (Phi) is 17.8. The Bertz CT molecular complexity index is 1270. The van der Waals surface area contributed by atoms with Gasteiger partial charge in [0.25, 0.3) is 0 Å². The summed E-state index contributed by atoms with van der Waals surface area (Å²) >= 11 is 0. The molecule has 4 atom stereocenters. The van der Waals surface area contributed by atoms with Gasteiger partial charge in [-0.3, -0.25) is 29.1 Å². The van der Waals surface area contributed by atoms with Gasteiger partial charge >= 0.3 is 0 Å². The highest BCUT2D eigenvalue weighted by Crippen LogP contribution is 2.10. The Hall–Kier alpha value is -4.29. The van der Waals surface area contributed by atoms with Gasteiger partial charge in [-0.1, -0.05) is 94.3 Å². The van der Waals surface area contributed by atoms with Crippen molar-refractivity contribution in [3.63, 3.8) is 0 Å². The molecule has 2 aromatic carbocycles. The summed E-state index contributed by atoms with van der Waals surface area (Å²) < 4.78 is 0. The van der Waals surface area contributed by atoms with E-state index in [4.69, 9.17) is 17.2 Å². The second kappa shape index (κ2) is 21.5. The lowest BCUT2D eigenvalue weighted by molar-refractivity contribution is -0.134. The number of rotatable bonds is 22. The van der Waals surface area contributed by atoms with E-state index in [9.17, 15) is 19.2 Å². The number of ketones is 1. The van der Waals surface area contributed by atoms with Gasteiger partial charge in [-0.15, -0.1) is 0 Å². The zero-order valence-electron chi connectivity index (χ0n) is 28.1. The molecule has 0 aliphatic carbocycles. The summed E-state index contributed by atoms with van der Waals surface area (Å²) in [6.45, 7) is 7.81. The van der Waals surface area contributed by atoms with E-state index in [1.54, 1.807) is 0 Å². The molecule has 12 heteroatoms. The first-order chi connectivity index (χ1) is 22.6. The van der Waals surface area contributed by atoms with Crippen LogP contribution in [0.5, 0.6) is 0 Å². The molecule has 3 amide bonds. The molecule has 12 nitrogen and oxygen atoms in total. The molecule has 0 saturated carbocycles. The van der Waals surface area contributed by atoms with Crippen molar-refractivity contribution in [2.75, 3.05) is 26.2 Å². The molecule has 0 bridgehead atoms. The Morgan fingerprint density at radius 3 is 1.77 bits per heavy atom. The number of nitrogens with zero attached hydrogens (tertiary/aromatic N) is 2. The highest BCUT2D eigenvalue weighted by Gasteiger charge is 2.30. The number of hydrogen-bond donors (Lipinski definition) is 6. The van der Waals surface area contributed by atoms with E-state index in [-0.39, 0.29) is 24.7 Å². The number of likely N-dealkylation sites (N-methyl/N-ethyl adjacent to an activating group) is 1. The maximum absolute atomic E-state index is 13.8. The second-order valence-corrected chi connectivity index (χ2v) is 11.7. The van der Waals surface area contributed by atoms with Crippen LogP contribution < -0.4 is 33.2 Å². The average molecular weight is 651 g/mol. The molecule has 2 rings (SSSR count). The van der Waals surface area contributed by atoms with E-state index in [2.05, 4.69) is 20.9 Å². The Labute approximate surface area is 279 Å². The molecule has 0 spiro atoms. The molecule has 0 fully saturated rings. The van der Waals surface area contributed by atoms with Gasteiger partial charge in [0, 0.05) is 13.0 Å². The molecule has 47 heavy (non-hydrogen) atoms. The predicted molar refractivity (Wildman–Crippen MR) is 186 cm³/mol. The number of Topliss-reactive ketones (excluding diaryl/α,β-unsaturated/α-hetero) is 1. The van der Waals surface area contributed by atoms with Crippen LogP contribution in [-0.2, 0) is 32.0 Å². The molecule has 0 saturated heterocycles. The lowest BCUT2D eigenvalue weighted by Gasteiger charge is -2.27. The van der Waals surface area contributed by atoms with Gasteiger partial charge in [-0.05, 0) is 49.9 Å². The summed E-state index contributed by atoms with van der Waals surface area (Å²) in [4.78, 5) is 60.0. The second-order valence-electron chi connectivity index (χ2n) is 11.7. The van der Waals surface area contributed by atoms with Gasteiger partial charge in [-0.2, -0.15) is 0 Å². The van der Waals surface area contributed by atoms with Crippen LogP contribution >= 0.6 is 0 Å². The summed E-state index contributed by atoms with van der Waals surface area (Å²) in [5, 5.41) is 8.59. The van der Waals surface area contributed by atoms with Crippen molar-refractivity contribution in [3.05, 3.63) is 71.8 Å². The number of hydrogen-bond acceptors (Lipinski definition) is 7. The number of amides is 3. The van der Waals surface area contributed by atoms with Gasteiger partial charge in [-0.25, -0.2) is 0 Å². The van der Waals surface area contributed by atoms with Crippen molar-refractivity contribution >= 4 is 29.5 Å². The maximum atomic E-state index is 13.8. The standard InChI is InChI=1S/C35H54N8O4/c1-4-7-19-29(33(46)40-28(20-14-21-39-35(37)38)31(44)24-43(5-2)6-3)41-34(47)30(23-26-17-12-9-13-18-26)42-32(45)27(36)22-25-15-10-8-11-16-25/h8-13,15-18,27-30H,4-7,14,19-24,36H2,1-3H3,(H,40,46)(H,41,47)(H,42,45)(H4,37,38,39)/t27-,28-,29-,30-/m1/s1. The normalized spacial score (nSPS) is 13.6. The molecular weight excluding hydrogens is 596 g/mol. The summed E-state index contributed by atoms with van der Waals surface area (Å²) in [6, 6.07) is 15.2. The van der Waals surface area contributed by atoms with E-state index in [0.717, 1.165) is 17.5 Å². The number of aliphatic imine (C=N–C) groups is 1. The molecular formula is C35H54N8O4. The fourth-order valence-corrected chi connectivity index (χ4v) is 5.12. The minimum atomic E-state index is -0.983. The third-order valence-corrected chi connectivity index (χ3v) is 7.95. The number of guanidine groups is 1. The number of unbranched alkanes of at least 4 members (excludes halogenated alkanes) is 1. The highest BCUT2D eigenvalue weighted by molar-refractivity contribution is 5.95. The number of nitrogens with two attached hydrogens (primary N) is 3. The van der Waals surface area contributed by atoms with Crippen molar-refractivity contribution in [2.24, 2.45) is 22.2 Å². The van der Waals surface area contributed by atoms with E-state index >= 15 is 0 Å². The molecule has 0 radical (unpaired) electrons. The molecule has 258 valence electrons. The molecule has 0 unspecified atom stereocenters. The van der Waals surface area contributed by atoms with Crippen LogP contribution in [0.1, 0.15) is 64.0 Å². The van der Waals surface area contributed by atoms with Crippen LogP contribution in [-0.4, -0.2) is 84.7 Å². The van der Waals surface area contributed by atoms with Crippen molar-refractivity contribution in [3.8, 4) is 0 Å². The quantitative estimate of drug-likeness (QED) is 0.0624. The van der Waals surface area contributed by atoms with Crippen LogP contribution in [0.2, 0.25) is 0 Å². The monoisotopic (exact) mass is 650 g/mol. The van der Waals surface area contributed by atoms with Crippen LogP contribution in [0.4, 0.5) is 0 Å². The van der Waals surface area contributed by atoms with Gasteiger partial charge < -0.3 is 33.2 Å². The fraction of sp³-hybridized carbons (Fsp3) is 0.514. The first-order valence-electron chi connectivity index (χ1n) is 16.6. The number of carbonyl (C=O) groups excluding carboxylic acids is 4. The zero-order valence-corrected chi connectivity index (χ0v) is 28.1. The third kappa shape index (κ3) is 14.8. The summed E-state index contributed by atoms with van der Waals surface area (Å²) in [5.41, 5.74) is 18.9. The number of nitrogens with one attached hydrogen (secondary N) is 3. The SMILES string of the molecule is CCCC[C@@H](NC(=O)[C@@H](Cc1ccccc1)NC(=O)[C@H](N)Cc1ccccc1)C(=O)N[C@H](CCCN=C(N)N)C(=O)CN(CC)CC. The van der Waals surface area contributed by atoms with E-state index in [0.29, 0.717) is 51.7 Å². The maximum Gasteiger partial charge on any atom is 0.243 e. The van der Waals surface area contributed by atoms with Gasteiger partial charge in [0.15, 0.2) is 11.7 Å². The van der Waals surface area contributed by atoms with Crippen molar-refractivity contribution in [2.45, 2.75) is 89.9 Å². The summed E-state index contributed by atoms with van der Waals surface area (Å²) in [7, 11) is 0. The molecule has 0 heterocycles. The lowest BCUT2D eigenvalue weighted by Crippen LogP contribution is -2.58. The summed E-state index contributed by atoms with van der Waals surface area (Å²) in [5.74, 6) is -1.61. The topological polar surface area (TPSA) is 198 Å². The smallest absolute Gasteiger partial charge is 0.243 e. The average Bonchev–Trinajstić information content (AvgIpc) is 3.06. The molecule has 0 aromatic heterocycles. The van der Waals surface area contributed by atoms with Crippen LogP contribution in [0.25, 0.3) is 0 Å². The minimum absolute atomic E-state index is 0.0411. The van der Waals surface area contributed by atoms with E-state index in [1.807, 2.05) is 86.3 Å². The highest BCUT2D eigenvalue weighted by atomic mass is 16.2. The lowest BCUT2D eigenvalue weighted by atomic mass is 10.0. The van der Waals surface area contributed by atoms with Gasteiger partial charge in [0.2, 0.25) is 17.7 Å². The van der Waals surface area contributed by atoms with E-state index < -0.39 is 41.9 Å². The number of benzene rings is 2. The Morgan fingerprint density at radius 2 is 1.21 bits per heavy atom. The van der Waals surface area contributed by atoms with Crippen LogP contribution in [0.3, 0.4) is 0 Å². The first kappa shape index (κ1) is 38.9. The Morgan fingerprint density at radius 1 is 0.702 bits per heavy atom. The van der Waals surface area contributed by atoms with Gasteiger partial charge in [0.05, 0.1) is 18.6 Å². The van der Waals surface area contributed by atoms with Crippen molar-refractivity contribution in [1.82, 2.24) is 20.9 Å². The molecule has 2 aromatic rings. The molecule has 9 N–H and O–H groups in total. The van der Waals surface area contributed by atoms with Crippen molar-refractivity contribution < 1.29 is 19.2 Å². The van der Waals surface area contributed by atoms with Crippen molar-refractivity contribution in [1.29, 1.82) is 0 Å². The third-order valence-electron chi connectivity index (χ3n) is 7.95. The first-order valence-corrected chi connectivity index (χ1v) is 16.6. The largest absolute Gasteiger partial charge is 0.370 e. The van der Waals surface area contributed by atoms with Crippen LogP contribution in [0.15, 0.2) is 65.7 Å². The van der Waals surface area contributed by atoms with Crippen LogP contribution in [0, 0.1) is 0 Å². The minimum Gasteiger partial charge on any atom is -0.370 e. The number of carbonyl (C=O) groups is 4. The summed E-state index contributed by atoms with van der Waals surface area (Å²) in [6.07, 6.45) is 3.14. The zero-order chi connectivity index (χ0) is 34.6. The molecule has 0 aliphatic rings. The molecule has 0 aliphatic heterocycles.